The minimum atomic E-state index is -0.0206. The molecule has 1 aromatic carbocycles. The second-order valence-electron chi connectivity index (χ2n) is 3.20. The first kappa shape index (κ1) is 9.99. The smallest absolute Gasteiger partial charge is 0.241 e. The molecule has 4 heteroatoms. The Kier molecular flexibility index (Phi) is 2.79. The van der Waals surface area contributed by atoms with Crippen molar-refractivity contribution in [1.82, 2.24) is 0 Å². The van der Waals surface area contributed by atoms with Gasteiger partial charge in [-0.15, -0.1) is 11.6 Å². The van der Waals surface area contributed by atoms with Crippen molar-refractivity contribution in [3.05, 3.63) is 28.2 Å². The number of rotatable bonds is 1. The van der Waals surface area contributed by atoms with Crippen molar-refractivity contribution in [2.75, 3.05) is 17.3 Å². The second kappa shape index (κ2) is 3.91. The van der Waals surface area contributed by atoms with Crippen molar-refractivity contribution in [3.8, 4) is 0 Å². The highest BCUT2D eigenvalue weighted by Gasteiger charge is 2.23. The predicted octanol–water partition coefficient (Wildman–Crippen LogP) is 2.58. The fourth-order valence-electron chi connectivity index (χ4n) is 1.70. The number of hydrogen-bond acceptors (Lipinski definition) is 1. The van der Waals surface area contributed by atoms with E-state index in [1.807, 2.05) is 12.1 Å². The van der Waals surface area contributed by atoms with E-state index in [-0.39, 0.29) is 11.8 Å². The molecule has 2 rings (SSSR count). The van der Waals surface area contributed by atoms with Gasteiger partial charge in [0.25, 0.3) is 0 Å². The third kappa shape index (κ3) is 1.66. The molecule has 0 aliphatic carbocycles. The van der Waals surface area contributed by atoms with E-state index < -0.39 is 0 Å². The third-order valence-corrected chi connectivity index (χ3v) is 3.07. The summed E-state index contributed by atoms with van der Waals surface area (Å²) < 4.78 is 1.05. The van der Waals surface area contributed by atoms with Crippen molar-refractivity contribution in [2.24, 2.45) is 0 Å². The van der Waals surface area contributed by atoms with Crippen LogP contribution in [-0.4, -0.2) is 18.3 Å². The average Bonchev–Trinajstić information content (AvgIpc) is 2.59. The van der Waals surface area contributed by atoms with Crippen LogP contribution in [0.25, 0.3) is 0 Å². The maximum absolute atomic E-state index is 11.4. The molecule has 0 N–H and O–H groups in total. The summed E-state index contributed by atoms with van der Waals surface area (Å²) in [5, 5.41) is 0. The minimum absolute atomic E-state index is 0.0206. The lowest BCUT2D eigenvalue weighted by atomic mass is 10.2. The average molecular weight is 275 g/mol. The first-order valence-electron chi connectivity index (χ1n) is 4.37. The van der Waals surface area contributed by atoms with Crippen LogP contribution in [0.2, 0.25) is 0 Å². The lowest BCUT2D eigenvalue weighted by Crippen LogP contribution is -2.29. The number of carbonyl (C=O) groups is 1. The standard InChI is InChI=1S/C10H9BrClNO/c11-8-1-2-9-7(5-8)3-4-13(9)10(14)6-12/h1-2,5H,3-4,6H2. The van der Waals surface area contributed by atoms with Crippen LogP contribution in [0.1, 0.15) is 5.56 Å². The molecule has 0 radical (unpaired) electrons. The zero-order chi connectivity index (χ0) is 10.1. The summed E-state index contributed by atoms with van der Waals surface area (Å²) in [4.78, 5) is 13.2. The third-order valence-electron chi connectivity index (χ3n) is 2.35. The number of anilines is 1. The van der Waals surface area contributed by atoms with Gasteiger partial charge in [0.05, 0.1) is 0 Å². The van der Waals surface area contributed by atoms with Gasteiger partial charge in [-0.05, 0) is 30.2 Å². The Hall–Kier alpha value is -0.540. The van der Waals surface area contributed by atoms with Gasteiger partial charge in [-0.25, -0.2) is 0 Å². The highest BCUT2D eigenvalue weighted by molar-refractivity contribution is 9.10. The molecular weight excluding hydrogens is 265 g/mol. The van der Waals surface area contributed by atoms with E-state index in [0.29, 0.717) is 0 Å². The molecule has 0 fully saturated rings. The molecule has 0 atom stereocenters. The lowest BCUT2D eigenvalue weighted by Gasteiger charge is -2.15. The maximum atomic E-state index is 11.4. The fraction of sp³-hybridized carbons (Fsp3) is 0.300. The van der Waals surface area contributed by atoms with Crippen LogP contribution in [0.4, 0.5) is 5.69 Å². The van der Waals surface area contributed by atoms with Crippen LogP contribution in [0.5, 0.6) is 0 Å². The molecule has 0 saturated heterocycles. The summed E-state index contributed by atoms with van der Waals surface area (Å²) in [5.41, 5.74) is 2.21. The summed E-state index contributed by atoms with van der Waals surface area (Å²) in [6.07, 6.45) is 0.914. The van der Waals surface area contributed by atoms with Gasteiger partial charge in [-0.3, -0.25) is 4.79 Å². The summed E-state index contributed by atoms with van der Waals surface area (Å²) >= 11 is 8.94. The Morgan fingerprint density at radius 2 is 2.36 bits per heavy atom. The summed E-state index contributed by atoms with van der Waals surface area (Å²) in [5.74, 6) is 0.0305. The summed E-state index contributed by atoms with van der Waals surface area (Å²) in [7, 11) is 0. The van der Waals surface area contributed by atoms with E-state index in [2.05, 4.69) is 22.0 Å². The number of nitrogens with zero attached hydrogens (tertiary/aromatic N) is 1. The number of fused-ring (bicyclic) bond motifs is 1. The Labute approximate surface area is 96.0 Å². The van der Waals surface area contributed by atoms with Gasteiger partial charge in [0.2, 0.25) is 5.91 Å². The molecule has 74 valence electrons. The molecule has 0 aromatic heterocycles. The normalized spacial score (nSPS) is 14.3. The zero-order valence-corrected chi connectivity index (χ0v) is 9.81. The molecule has 1 aliphatic heterocycles. The monoisotopic (exact) mass is 273 g/mol. The quantitative estimate of drug-likeness (QED) is 0.721. The van der Waals surface area contributed by atoms with E-state index in [1.165, 1.54) is 5.56 Å². The first-order valence-corrected chi connectivity index (χ1v) is 5.70. The molecule has 1 aromatic rings. The highest BCUT2D eigenvalue weighted by Crippen LogP contribution is 2.30. The Morgan fingerprint density at radius 3 is 3.07 bits per heavy atom. The van der Waals surface area contributed by atoms with Crippen molar-refractivity contribution < 1.29 is 4.79 Å². The molecular formula is C10H9BrClNO. The van der Waals surface area contributed by atoms with Gasteiger partial charge in [0.1, 0.15) is 5.88 Å². The lowest BCUT2D eigenvalue weighted by molar-refractivity contribution is -0.116. The maximum Gasteiger partial charge on any atom is 0.241 e. The van der Waals surface area contributed by atoms with Gasteiger partial charge < -0.3 is 4.90 Å². The first-order chi connectivity index (χ1) is 6.72. The zero-order valence-electron chi connectivity index (χ0n) is 7.46. The topological polar surface area (TPSA) is 20.3 Å². The van der Waals surface area contributed by atoms with E-state index in [9.17, 15) is 4.79 Å². The van der Waals surface area contributed by atoms with Gasteiger partial charge in [0.15, 0.2) is 0 Å². The summed E-state index contributed by atoms with van der Waals surface area (Å²) in [6.45, 7) is 0.747. The molecule has 14 heavy (non-hydrogen) atoms. The Morgan fingerprint density at radius 1 is 1.57 bits per heavy atom. The molecule has 0 unspecified atom stereocenters. The largest absolute Gasteiger partial charge is 0.311 e. The van der Waals surface area contributed by atoms with Crippen molar-refractivity contribution >= 4 is 39.1 Å². The summed E-state index contributed by atoms with van der Waals surface area (Å²) in [6, 6.07) is 5.95. The van der Waals surface area contributed by atoms with E-state index >= 15 is 0 Å². The Balaban J connectivity index is 2.35. The van der Waals surface area contributed by atoms with Crippen LogP contribution in [0.15, 0.2) is 22.7 Å². The van der Waals surface area contributed by atoms with Crippen LogP contribution in [0.3, 0.4) is 0 Å². The number of hydrogen-bond donors (Lipinski definition) is 0. The molecule has 2 nitrogen and oxygen atoms in total. The number of benzene rings is 1. The van der Waals surface area contributed by atoms with Crippen LogP contribution in [0, 0.1) is 0 Å². The van der Waals surface area contributed by atoms with Crippen molar-refractivity contribution in [3.63, 3.8) is 0 Å². The van der Waals surface area contributed by atoms with E-state index in [1.54, 1.807) is 4.90 Å². The van der Waals surface area contributed by atoms with Crippen molar-refractivity contribution in [1.29, 1.82) is 0 Å². The predicted molar refractivity (Wildman–Crippen MR) is 60.9 cm³/mol. The SMILES string of the molecule is O=C(CCl)N1CCc2cc(Br)ccc21. The van der Waals surface area contributed by atoms with Gasteiger partial charge in [-0.1, -0.05) is 15.9 Å². The molecule has 0 saturated carbocycles. The number of amides is 1. The van der Waals surface area contributed by atoms with Gasteiger partial charge in [-0.2, -0.15) is 0 Å². The van der Waals surface area contributed by atoms with Gasteiger partial charge in [0, 0.05) is 16.7 Å². The van der Waals surface area contributed by atoms with Gasteiger partial charge >= 0.3 is 0 Å². The molecule has 0 bridgehead atoms. The van der Waals surface area contributed by atoms with E-state index in [4.69, 9.17) is 11.6 Å². The van der Waals surface area contributed by atoms with Crippen LogP contribution in [-0.2, 0) is 11.2 Å². The molecule has 1 heterocycles. The molecule has 1 aliphatic rings. The molecule has 0 spiro atoms. The van der Waals surface area contributed by atoms with E-state index in [0.717, 1.165) is 23.1 Å². The second-order valence-corrected chi connectivity index (χ2v) is 4.38. The van der Waals surface area contributed by atoms with Crippen LogP contribution < -0.4 is 4.90 Å². The highest BCUT2D eigenvalue weighted by atomic mass is 79.9. The number of carbonyl (C=O) groups excluding carboxylic acids is 1. The Bertz CT molecular complexity index is 380. The number of alkyl halides is 1. The van der Waals surface area contributed by atoms with Crippen molar-refractivity contribution in [2.45, 2.75) is 6.42 Å². The number of halogens is 2. The van der Waals surface area contributed by atoms with Crippen LogP contribution >= 0.6 is 27.5 Å². The fourth-order valence-corrected chi connectivity index (χ4v) is 2.25. The molecule has 1 amide bonds. The minimum Gasteiger partial charge on any atom is -0.311 e.